The quantitative estimate of drug-likeness (QED) is 0.670. The molecule has 2 saturated heterocycles. The summed E-state index contributed by atoms with van der Waals surface area (Å²) in [5, 5.41) is 4.06. The van der Waals surface area contributed by atoms with E-state index in [4.69, 9.17) is 9.47 Å². The van der Waals surface area contributed by atoms with Crippen molar-refractivity contribution < 1.29 is 14.3 Å². The number of carbonyl (C=O) groups excluding carboxylic acids is 1. The summed E-state index contributed by atoms with van der Waals surface area (Å²) < 4.78 is 12.5. The van der Waals surface area contributed by atoms with E-state index >= 15 is 0 Å². The number of para-hydroxylation sites is 1. The highest BCUT2D eigenvalue weighted by molar-refractivity contribution is 5.93. The molecule has 0 aliphatic carbocycles. The number of aryl methyl sites for hydroxylation is 1. The second-order valence-corrected chi connectivity index (χ2v) is 9.22. The molecule has 1 amide bonds. The monoisotopic (exact) mass is 444 g/mol. The van der Waals surface area contributed by atoms with Crippen LogP contribution in [0.5, 0.6) is 11.5 Å². The highest BCUT2D eigenvalue weighted by Crippen LogP contribution is 2.39. The number of fused-ring (bicyclic) bond motifs is 3. The molecule has 0 bridgehead atoms. The zero-order valence-corrected chi connectivity index (χ0v) is 18.8. The van der Waals surface area contributed by atoms with E-state index in [0.29, 0.717) is 13.3 Å². The standard InChI is InChI=1S/C26H28N4O3/c1-18-7-8-21-22(28-18)9-10-23-24(21)33-20(16-32-23)15-29-13-11-26(12-14-29)25(31)27-17-30(26)19-5-3-2-4-6-19/h2-10,20H,11-17H2,1H3,(H,27,31). The van der Waals surface area contributed by atoms with Crippen LogP contribution in [-0.2, 0) is 4.79 Å². The van der Waals surface area contributed by atoms with Gasteiger partial charge in [0.1, 0.15) is 18.2 Å². The lowest BCUT2D eigenvalue weighted by molar-refractivity contribution is -0.125. The Kier molecular flexibility index (Phi) is 4.87. The molecule has 1 atom stereocenters. The van der Waals surface area contributed by atoms with Crippen LogP contribution in [0.15, 0.2) is 54.6 Å². The molecule has 4 heterocycles. The Morgan fingerprint density at radius 3 is 2.73 bits per heavy atom. The van der Waals surface area contributed by atoms with Gasteiger partial charge < -0.3 is 19.7 Å². The second kappa shape index (κ2) is 7.92. The maximum absolute atomic E-state index is 12.9. The first-order valence-electron chi connectivity index (χ1n) is 11.7. The number of rotatable bonds is 3. The highest BCUT2D eigenvalue weighted by Gasteiger charge is 2.50. The SMILES string of the molecule is Cc1ccc2c3c(ccc2n1)OCC(CN1CCC2(CC1)C(=O)NCN2c1ccccc1)O3. The van der Waals surface area contributed by atoms with Crippen molar-refractivity contribution >= 4 is 22.5 Å². The molecule has 3 aliphatic rings. The molecule has 3 aliphatic heterocycles. The van der Waals surface area contributed by atoms with Crippen molar-refractivity contribution in [2.24, 2.45) is 0 Å². The number of benzene rings is 2. The fourth-order valence-electron chi connectivity index (χ4n) is 5.39. The van der Waals surface area contributed by atoms with E-state index in [1.807, 2.05) is 43.3 Å². The summed E-state index contributed by atoms with van der Waals surface area (Å²) in [7, 11) is 0. The highest BCUT2D eigenvalue weighted by atomic mass is 16.6. The minimum Gasteiger partial charge on any atom is -0.486 e. The molecular weight excluding hydrogens is 416 g/mol. The maximum atomic E-state index is 12.9. The third-order valence-corrected chi connectivity index (χ3v) is 7.18. The lowest BCUT2D eigenvalue weighted by atomic mass is 9.85. The Bertz CT molecular complexity index is 1190. The minimum atomic E-state index is -0.464. The molecule has 1 unspecified atom stereocenters. The van der Waals surface area contributed by atoms with Gasteiger partial charge in [-0.2, -0.15) is 0 Å². The molecular formula is C26H28N4O3. The van der Waals surface area contributed by atoms with Crippen LogP contribution in [0.2, 0.25) is 0 Å². The topological polar surface area (TPSA) is 66.9 Å². The van der Waals surface area contributed by atoms with E-state index in [1.165, 1.54) is 0 Å². The number of piperidine rings is 1. The van der Waals surface area contributed by atoms with Crippen LogP contribution in [0, 0.1) is 6.92 Å². The van der Waals surface area contributed by atoms with Gasteiger partial charge in [0.15, 0.2) is 11.5 Å². The molecule has 170 valence electrons. The first-order chi connectivity index (χ1) is 16.1. The molecule has 6 rings (SSSR count). The number of hydrogen-bond acceptors (Lipinski definition) is 6. The molecule has 2 fully saturated rings. The molecule has 1 spiro atoms. The van der Waals surface area contributed by atoms with Gasteiger partial charge in [-0.15, -0.1) is 0 Å². The van der Waals surface area contributed by atoms with Crippen molar-refractivity contribution in [1.29, 1.82) is 0 Å². The zero-order valence-electron chi connectivity index (χ0n) is 18.8. The number of pyridine rings is 1. The zero-order chi connectivity index (χ0) is 22.4. The van der Waals surface area contributed by atoms with E-state index < -0.39 is 5.54 Å². The number of likely N-dealkylation sites (tertiary alicyclic amines) is 1. The van der Waals surface area contributed by atoms with Gasteiger partial charge in [0, 0.05) is 36.4 Å². The van der Waals surface area contributed by atoms with E-state index in [2.05, 4.69) is 38.3 Å². The fraction of sp³-hybridized carbons (Fsp3) is 0.385. The molecule has 7 heteroatoms. The summed E-state index contributed by atoms with van der Waals surface area (Å²) in [4.78, 5) is 22.1. The summed E-state index contributed by atoms with van der Waals surface area (Å²) in [6, 6.07) is 18.2. The Balaban J connectivity index is 1.15. The normalized spacial score (nSPS) is 22.0. The second-order valence-electron chi connectivity index (χ2n) is 9.22. The van der Waals surface area contributed by atoms with Crippen LogP contribution in [0.3, 0.4) is 0 Å². The number of carbonyl (C=O) groups is 1. The Morgan fingerprint density at radius 2 is 1.91 bits per heavy atom. The van der Waals surface area contributed by atoms with Crippen molar-refractivity contribution in [2.45, 2.75) is 31.4 Å². The van der Waals surface area contributed by atoms with Crippen LogP contribution >= 0.6 is 0 Å². The summed E-state index contributed by atoms with van der Waals surface area (Å²) in [5.41, 5.74) is 2.54. The van der Waals surface area contributed by atoms with Gasteiger partial charge in [0.05, 0.1) is 12.2 Å². The molecule has 7 nitrogen and oxygen atoms in total. The Hall–Kier alpha value is -3.32. The molecule has 0 saturated carbocycles. The fourth-order valence-corrected chi connectivity index (χ4v) is 5.39. The largest absolute Gasteiger partial charge is 0.486 e. The molecule has 3 aromatic rings. The van der Waals surface area contributed by atoms with Crippen LogP contribution in [-0.4, -0.2) is 60.3 Å². The van der Waals surface area contributed by atoms with E-state index in [9.17, 15) is 4.79 Å². The van der Waals surface area contributed by atoms with Gasteiger partial charge in [0.2, 0.25) is 5.91 Å². The average molecular weight is 445 g/mol. The summed E-state index contributed by atoms with van der Waals surface area (Å²) in [6.07, 6.45) is 1.54. The summed E-state index contributed by atoms with van der Waals surface area (Å²) in [6.45, 7) is 5.55. The molecule has 0 radical (unpaired) electrons. The summed E-state index contributed by atoms with van der Waals surface area (Å²) in [5.74, 6) is 1.71. The summed E-state index contributed by atoms with van der Waals surface area (Å²) >= 11 is 0. The first kappa shape index (κ1) is 20.3. The van der Waals surface area contributed by atoms with E-state index in [-0.39, 0.29) is 12.0 Å². The van der Waals surface area contributed by atoms with Crippen LogP contribution in [0.25, 0.3) is 10.9 Å². The predicted octanol–water partition coefficient (Wildman–Crippen LogP) is 3.11. The van der Waals surface area contributed by atoms with Gasteiger partial charge >= 0.3 is 0 Å². The van der Waals surface area contributed by atoms with Gasteiger partial charge in [-0.3, -0.25) is 14.7 Å². The Labute approximate surface area is 193 Å². The lowest BCUT2D eigenvalue weighted by Gasteiger charge is -2.44. The lowest BCUT2D eigenvalue weighted by Crippen LogP contribution is -2.57. The maximum Gasteiger partial charge on any atom is 0.247 e. The molecule has 1 N–H and O–H groups in total. The van der Waals surface area contributed by atoms with Crippen molar-refractivity contribution in [2.75, 3.05) is 37.8 Å². The van der Waals surface area contributed by atoms with Crippen LogP contribution < -0.4 is 19.7 Å². The van der Waals surface area contributed by atoms with Gasteiger partial charge in [-0.05, 0) is 56.2 Å². The minimum absolute atomic E-state index is 0.0546. The number of ether oxygens (including phenoxy) is 2. The van der Waals surface area contributed by atoms with Crippen LogP contribution in [0.1, 0.15) is 18.5 Å². The number of aromatic nitrogens is 1. The van der Waals surface area contributed by atoms with Crippen LogP contribution in [0.4, 0.5) is 5.69 Å². The smallest absolute Gasteiger partial charge is 0.247 e. The molecule has 1 aromatic heterocycles. The van der Waals surface area contributed by atoms with Crippen molar-refractivity contribution in [3.8, 4) is 11.5 Å². The van der Waals surface area contributed by atoms with Crippen molar-refractivity contribution in [1.82, 2.24) is 15.2 Å². The van der Waals surface area contributed by atoms with E-state index in [0.717, 1.165) is 66.3 Å². The number of nitrogens with zero attached hydrogens (tertiary/aromatic N) is 3. The Morgan fingerprint density at radius 1 is 1.09 bits per heavy atom. The number of amides is 1. The number of anilines is 1. The van der Waals surface area contributed by atoms with Gasteiger partial charge in [-0.25, -0.2) is 0 Å². The molecule has 2 aromatic carbocycles. The number of nitrogens with one attached hydrogen (secondary N) is 1. The predicted molar refractivity (Wildman–Crippen MR) is 127 cm³/mol. The third-order valence-electron chi connectivity index (χ3n) is 7.18. The first-order valence-corrected chi connectivity index (χ1v) is 11.7. The van der Waals surface area contributed by atoms with Gasteiger partial charge in [-0.1, -0.05) is 18.2 Å². The van der Waals surface area contributed by atoms with Gasteiger partial charge in [0.25, 0.3) is 0 Å². The van der Waals surface area contributed by atoms with Crippen molar-refractivity contribution in [3.05, 3.63) is 60.3 Å². The van der Waals surface area contributed by atoms with E-state index in [1.54, 1.807) is 0 Å². The molecule has 33 heavy (non-hydrogen) atoms. The number of hydrogen-bond donors (Lipinski definition) is 1. The van der Waals surface area contributed by atoms with Crippen molar-refractivity contribution in [3.63, 3.8) is 0 Å². The average Bonchev–Trinajstić information content (AvgIpc) is 3.16. The third kappa shape index (κ3) is 3.47.